The summed E-state index contributed by atoms with van der Waals surface area (Å²) in [7, 11) is 0. The molecule has 0 unspecified atom stereocenters. The minimum Gasteiger partial charge on any atom is -0.443 e. The Balaban J connectivity index is 2.88. The second-order valence-corrected chi connectivity index (χ2v) is 4.56. The van der Waals surface area contributed by atoms with E-state index in [-0.39, 0.29) is 0 Å². The van der Waals surface area contributed by atoms with Crippen LogP contribution in [0.3, 0.4) is 0 Å². The van der Waals surface area contributed by atoms with E-state index in [1.165, 1.54) is 18.4 Å². The fourth-order valence-electron chi connectivity index (χ4n) is 1.62. The normalized spacial score (nSPS) is 12.2. The molecule has 0 N–H and O–H groups in total. The van der Waals surface area contributed by atoms with Crippen molar-refractivity contribution in [1.29, 1.82) is 0 Å². The van der Waals surface area contributed by atoms with Gasteiger partial charge in [-0.2, -0.15) is 0 Å². The lowest BCUT2D eigenvalue weighted by atomic mass is 9.98. The molecule has 0 saturated heterocycles. The van der Waals surface area contributed by atoms with E-state index >= 15 is 0 Å². The van der Waals surface area contributed by atoms with Crippen molar-refractivity contribution in [2.75, 3.05) is 0 Å². The van der Waals surface area contributed by atoms with Crippen molar-refractivity contribution in [1.82, 2.24) is 4.98 Å². The van der Waals surface area contributed by atoms with Crippen LogP contribution in [0.2, 0.25) is 0 Å². The molecule has 0 bridgehead atoms. The Morgan fingerprint density at radius 1 is 1.56 bits per heavy atom. The molecule has 16 heavy (non-hydrogen) atoms. The zero-order chi connectivity index (χ0) is 12.1. The lowest BCUT2D eigenvalue weighted by Gasteiger charge is -2.08. The average molecular weight is 219 g/mol. The summed E-state index contributed by atoms with van der Waals surface area (Å²) in [5.41, 5.74) is 3.13. The quantitative estimate of drug-likeness (QED) is 0.726. The van der Waals surface area contributed by atoms with Gasteiger partial charge in [-0.05, 0) is 43.8 Å². The molecule has 0 spiro atoms. The van der Waals surface area contributed by atoms with Crippen LogP contribution in [0.5, 0.6) is 0 Å². The van der Waals surface area contributed by atoms with E-state index in [4.69, 9.17) is 4.42 Å². The van der Waals surface area contributed by atoms with Crippen molar-refractivity contribution in [3.05, 3.63) is 30.5 Å². The molecule has 1 aromatic heterocycles. The number of hydrogen-bond acceptors (Lipinski definition) is 2. The summed E-state index contributed by atoms with van der Waals surface area (Å²) < 4.78 is 5.36. The molecule has 1 heterocycles. The predicted molar refractivity (Wildman–Crippen MR) is 68.9 cm³/mol. The lowest BCUT2D eigenvalue weighted by molar-refractivity contribution is 0.543. The van der Waals surface area contributed by atoms with Gasteiger partial charge < -0.3 is 4.42 Å². The van der Waals surface area contributed by atoms with Crippen LogP contribution >= 0.6 is 0 Å². The second-order valence-electron chi connectivity index (χ2n) is 4.56. The van der Waals surface area contributed by atoms with Crippen LogP contribution in [-0.2, 0) is 0 Å². The van der Waals surface area contributed by atoms with Crippen LogP contribution in [0.25, 0.3) is 11.1 Å². The van der Waals surface area contributed by atoms with Gasteiger partial charge in [0.15, 0.2) is 12.2 Å². The summed E-state index contributed by atoms with van der Waals surface area (Å²) >= 11 is 0. The Morgan fingerprint density at radius 3 is 2.75 bits per heavy atom. The van der Waals surface area contributed by atoms with Gasteiger partial charge in [0.2, 0.25) is 0 Å². The van der Waals surface area contributed by atoms with Crippen molar-refractivity contribution >= 4 is 11.1 Å². The molecule has 1 rings (SSSR count). The number of aromatic nitrogens is 1. The summed E-state index contributed by atoms with van der Waals surface area (Å²) in [4.78, 5) is 4.29. The maximum absolute atomic E-state index is 5.36. The lowest BCUT2D eigenvalue weighted by Crippen LogP contribution is -1.93. The first-order valence-corrected chi connectivity index (χ1v) is 5.81. The topological polar surface area (TPSA) is 26.0 Å². The van der Waals surface area contributed by atoms with Gasteiger partial charge in [0, 0.05) is 0 Å². The number of nitrogens with zero attached hydrogens (tertiary/aromatic N) is 1. The third-order valence-corrected chi connectivity index (χ3v) is 2.60. The Kier molecular flexibility index (Phi) is 4.53. The molecule has 0 atom stereocenters. The summed E-state index contributed by atoms with van der Waals surface area (Å²) in [6, 6.07) is 0. The van der Waals surface area contributed by atoms with Crippen LogP contribution in [0.15, 0.2) is 23.5 Å². The molecule has 0 radical (unpaired) electrons. The minimum atomic E-state index is 0.704. The number of hydrogen-bond donors (Lipinski definition) is 0. The highest BCUT2D eigenvalue weighted by Gasteiger charge is 2.13. The molecular formula is C14H21NO. The summed E-state index contributed by atoms with van der Waals surface area (Å²) in [6.45, 7) is 12.4. The number of rotatable bonds is 5. The predicted octanol–water partition coefficient (Wildman–Crippen LogP) is 4.55. The van der Waals surface area contributed by atoms with E-state index in [9.17, 15) is 0 Å². The molecule has 1 aromatic rings. The van der Waals surface area contributed by atoms with E-state index in [0.717, 1.165) is 23.4 Å². The first-order valence-electron chi connectivity index (χ1n) is 5.81. The van der Waals surface area contributed by atoms with Crippen LogP contribution in [0.1, 0.15) is 52.0 Å². The van der Waals surface area contributed by atoms with Crippen molar-refractivity contribution in [2.24, 2.45) is 5.92 Å². The first kappa shape index (κ1) is 12.8. The van der Waals surface area contributed by atoms with E-state index in [1.54, 1.807) is 0 Å². The summed E-state index contributed by atoms with van der Waals surface area (Å²) in [5.74, 6) is 1.52. The van der Waals surface area contributed by atoms with Gasteiger partial charge in [0.1, 0.15) is 5.69 Å². The highest BCUT2D eigenvalue weighted by Crippen LogP contribution is 2.27. The van der Waals surface area contributed by atoms with Gasteiger partial charge in [-0.1, -0.05) is 26.5 Å². The van der Waals surface area contributed by atoms with Gasteiger partial charge in [-0.3, -0.25) is 0 Å². The molecule has 2 heteroatoms. The third kappa shape index (κ3) is 3.09. The van der Waals surface area contributed by atoms with Crippen molar-refractivity contribution < 1.29 is 4.42 Å². The monoisotopic (exact) mass is 219 g/mol. The fourth-order valence-corrected chi connectivity index (χ4v) is 1.62. The maximum Gasteiger partial charge on any atom is 0.182 e. The highest BCUT2D eigenvalue weighted by molar-refractivity contribution is 5.72. The molecular weight excluding hydrogens is 198 g/mol. The fraction of sp³-hybridized carbons (Fsp3) is 0.500. The van der Waals surface area contributed by atoms with Crippen molar-refractivity contribution in [2.45, 2.75) is 40.5 Å². The molecule has 0 aliphatic rings. The average Bonchev–Trinajstić information content (AvgIpc) is 2.67. The van der Waals surface area contributed by atoms with E-state index in [1.807, 2.05) is 13.8 Å². The third-order valence-electron chi connectivity index (χ3n) is 2.60. The Bertz CT molecular complexity index is 385. The highest BCUT2D eigenvalue weighted by atomic mass is 16.3. The summed E-state index contributed by atoms with van der Waals surface area (Å²) in [6.07, 6.45) is 5.83. The maximum atomic E-state index is 5.36. The zero-order valence-corrected chi connectivity index (χ0v) is 10.7. The van der Waals surface area contributed by atoms with Crippen LogP contribution in [0, 0.1) is 5.92 Å². The van der Waals surface area contributed by atoms with Crippen molar-refractivity contribution in [3.63, 3.8) is 0 Å². The van der Waals surface area contributed by atoms with Gasteiger partial charge in [0.05, 0.1) is 0 Å². The summed E-state index contributed by atoms with van der Waals surface area (Å²) in [5, 5.41) is 0. The number of oxazole rings is 1. The Labute approximate surface area is 98.1 Å². The SMILES string of the molecule is C=C(C)c1ocnc1C(=CC)CCC(C)C. The molecule has 88 valence electrons. The molecule has 0 saturated carbocycles. The van der Waals surface area contributed by atoms with Gasteiger partial charge >= 0.3 is 0 Å². The Morgan fingerprint density at radius 2 is 2.25 bits per heavy atom. The largest absolute Gasteiger partial charge is 0.443 e. The second kappa shape index (κ2) is 5.69. The van der Waals surface area contributed by atoms with Gasteiger partial charge in [0.25, 0.3) is 0 Å². The molecule has 0 fully saturated rings. The molecule has 0 amide bonds. The van der Waals surface area contributed by atoms with Crippen LogP contribution in [-0.4, -0.2) is 4.98 Å². The van der Waals surface area contributed by atoms with E-state index in [2.05, 4.69) is 31.5 Å². The van der Waals surface area contributed by atoms with Gasteiger partial charge in [-0.15, -0.1) is 0 Å². The first-order chi connectivity index (χ1) is 7.56. The zero-order valence-electron chi connectivity index (χ0n) is 10.7. The smallest absolute Gasteiger partial charge is 0.182 e. The van der Waals surface area contributed by atoms with Gasteiger partial charge in [-0.25, -0.2) is 4.98 Å². The Hall–Kier alpha value is -1.31. The van der Waals surface area contributed by atoms with Crippen LogP contribution in [0.4, 0.5) is 0 Å². The van der Waals surface area contributed by atoms with Crippen LogP contribution < -0.4 is 0 Å². The van der Waals surface area contributed by atoms with Crippen molar-refractivity contribution in [3.8, 4) is 0 Å². The standard InChI is InChI=1S/C14H21NO/c1-6-12(8-7-10(2)3)13-14(11(4)5)16-9-15-13/h6,9-10H,4,7-8H2,1-3,5H3. The van der Waals surface area contributed by atoms with E-state index < -0.39 is 0 Å². The van der Waals surface area contributed by atoms with E-state index in [0.29, 0.717) is 5.92 Å². The molecule has 0 aromatic carbocycles. The minimum absolute atomic E-state index is 0.704. The molecule has 2 nitrogen and oxygen atoms in total. The molecule has 0 aliphatic carbocycles. The molecule has 0 aliphatic heterocycles. The number of allylic oxidation sites excluding steroid dienone is 3.